The molecule has 0 rings (SSSR count). The number of aliphatic hydroxyl groups excluding tert-OH is 2. The van der Waals surface area contributed by atoms with Gasteiger partial charge < -0.3 is 10.2 Å². The van der Waals surface area contributed by atoms with E-state index >= 15 is 0 Å². The van der Waals surface area contributed by atoms with Gasteiger partial charge in [-0.05, 0) is 0 Å². The molecule has 0 saturated heterocycles. The zero-order valence-corrected chi connectivity index (χ0v) is 4.02. The third-order valence-corrected chi connectivity index (χ3v) is 0.586. The molecule has 0 heterocycles. The number of alkyl halides is 1. The van der Waals surface area contributed by atoms with E-state index in [4.69, 9.17) is 21.8 Å². The van der Waals surface area contributed by atoms with Crippen molar-refractivity contribution in [1.29, 1.82) is 0 Å². The lowest BCUT2D eigenvalue weighted by atomic mass is 10.5. The van der Waals surface area contributed by atoms with Gasteiger partial charge in [0.1, 0.15) is 5.56 Å². The van der Waals surface area contributed by atoms with E-state index < -0.39 is 5.56 Å². The second kappa shape index (κ2) is 3.40. The molecule has 38 valence electrons. The van der Waals surface area contributed by atoms with Crippen LogP contribution in [0.5, 0.6) is 0 Å². The summed E-state index contributed by atoms with van der Waals surface area (Å²) in [7, 11) is 0. The van der Waals surface area contributed by atoms with Crippen LogP contribution in [-0.4, -0.2) is 22.4 Å². The van der Waals surface area contributed by atoms with Crippen LogP contribution in [-0.2, 0) is 0 Å². The van der Waals surface area contributed by atoms with Crippen LogP contribution < -0.4 is 0 Å². The molecule has 0 aromatic heterocycles. The van der Waals surface area contributed by atoms with Crippen LogP contribution in [0.25, 0.3) is 0 Å². The fourth-order valence-corrected chi connectivity index (χ4v) is 0.204. The molecule has 0 spiro atoms. The van der Waals surface area contributed by atoms with Crippen LogP contribution in [0.15, 0.2) is 0 Å². The summed E-state index contributed by atoms with van der Waals surface area (Å²) in [4.78, 5) is 0. The van der Waals surface area contributed by atoms with E-state index in [1.54, 1.807) is 0 Å². The Hall–Kier alpha value is 0.210. The van der Waals surface area contributed by atoms with Gasteiger partial charge in [-0.2, -0.15) is 0 Å². The summed E-state index contributed by atoms with van der Waals surface area (Å²) in [5.74, 6) is 0. The zero-order chi connectivity index (χ0) is 4.99. The molecule has 0 unspecified atom stereocenters. The van der Waals surface area contributed by atoms with Crippen LogP contribution in [0.1, 0.15) is 6.42 Å². The third-order valence-electron chi connectivity index (χ3n) is 0.367. The highest BCUT2D eigenvalue weighted by Crippen LogP contribution is 1.92. The van der Waals surface area contributed by atoms with Crippen molar-refractivity contribution < 1.29 is 10.2 Å². The Balaban J connectivity index is 2.63. The lowest BCUT2D eigenvalue weighted by Crippen LogP contribution is -1.97. The Labute approximate surface area is 41.4 Å². The molecular weight excluding hydrogens is 103 g/mol. The standard InChI is InChI=1S/C3H7ClO2/c4-3(6)1-2-5/h3,5-6H,1-2H2/t3-/m0/s1. The second-order valence-corrected chi connectivity index (χ2v) is 1.45. The fraction of sp³-hybridized carbons (Fsp3) is 1.00. The quantitative estimate of drug-likeness (QED) is 0.489. The number of halogens is 1. The molecule has 0 saturated carbocycles. The van der Waals surface area contributed by atoms with E-state index in [-0.39, 0.29) is 13.0 Å². The van der Waals surface area contributed by atoms with Gasteiger partial charge >= 0.3 is 0 Å². The molecule has 0 fully saturated rings. The zero-order valence-electron chi connectivity index (χ0n) is 3.26. The number of hydrogen-bond acceptors (Lipinski definition) is 2. The molecule has 2 N–H and O–H groups in total. The Bertz CT molecular complexity index is 30.0. The molecule has 1 atom stereocenters. The third kappa shape index (κ3) is 4.21. The van der Waals surface area contributed by atoms with Gasteiger partial charge in [-0.15, -0.1) is 0 Å². The van der Waals surface area contributed by atoms with Crippen molar-refractivity contribution in [1.82, 2.24) is 0 Å². The molecule has 0 amide bonds. The van der Waals surface area contributed by atoms with E-state index in [2.05, 4.69) is 0 Å². The Morgan fingerprint density at radius 2 is 2.17 bits per heavy atom. The van der Waals surface area contributed by atoms with Gasteiger partial charge in [0.05, 0.1) is 0 Å². The van der Waals surface area contributed by atoms with Crippen LogP contribution in [0.4, 0.5) is 0 Å². The molecule has 0 radical (unpaired) electrons. The summed E-state index contributed by atoms with van der Waals surface area (Å²) >= 11 is 4.97. The van der Waals surface area contributed by atoms with E-state index in [0.29, 0.717) is 0 Å². The van der Waals surface area contributed by atoms with E-state index in [1.807, 2.05) is 0 Å². The molecule has 0 aromatic rings. The van der Waals surface area contributed by atoms with Crippen molar-refractivity contribution in [2.24, 2.45) is 0 Å². The molecule has 6 heavy (non-hydrogen) atoms. The number of rotatable bonds is 2. The fourth-order valence-electron chi connectivity index (χ4n) is 0.107. The highest BCUT2D eigenvalue weighted by molar-refractivity contribution is 6.19. The average molecular weight is 111 g/mol. The predicted octanol–water partition coefficient (Wildman–Crippen LogP) is -0.0740. The van der Waals surface area contributed by atoms with Crippen LogP contribution in [0, 0.1) is 0 Å². The average Bonchev–Trinajstić information content (AvgIpc) is 1.35. The topological polar surface area (TPSA) is 40.5 Å². The molecule has 0 aliphatic carbocycles. The highest BCUT2D eigenvalue weighted by atomic mass is 35.5. The smallest absolute Gasteiger partial charge is 0.130 e. The summed E-state index contributed by atoms with van der Waals surface area (Å²) in [6.07, 6.45) is 0.252. The van der Waals surface area contributed by atoms with E-state index in [9.17, 15) is 0 Å². The minimum absolute atomic E-state index is 0.0509. The molecule has 3 heteroatoms. The summed E-state index contributed by atoms with van der Waals surface area (Å²) in [6.45, 7) is -0.0509. The van der Waals surface area contributed by atoms with Gasteiger partial charge in [0.25, 0.3) is 0 Å². The lowest BCUT2D eigenvalue weighted by molar-refractivity contribution is 0.194. The van der Waals surface area contributed by atoms with E-state index in [1.165, 1.54) is 0 Å². The Morgan fingerprint density at radius 1 is 1.67 bits per heavy atom. The van der Waals surface area contributed by atoms with Crippen molar-refractivity contribution >= 4 is 11.6 Å². The summed E-state index contributed by atoms with van der Waals surface area (Å²) < 4.78 is 0. The first-order valence-electron chi connectivity index (χ1n) is 1.70. The van der Waals surface area contributed by atoms with Gasteiger partial charge in [0.15, 0.2) is 0 Å². The van der Waals surface area contributed by atoms with Crippen molar-refractivity contribution in [3.05, 3.63) is 0 Å². The van der Waals surface area contributed by atoms with Gasteiger partial charge in [0.2, 0.25) is 0 Å². The predicted molar refractivity (Wildman–Crippen MR) is 23.6 cm³/mol. The molecule has 0 aliphatic rings. The van der Waals surface area contributed by atoms with Crippen LogP contribution in [0.3, 0.4) is 0 Å². The molecular formula is C3H7ClO2. The first kappa shape index (κ1) is 6.21. The van der Waals surface area contributed by atoms with Gasteiger partial charge in [-0.3, -0.25) is 0 Å². The van der Waals surface area contributed by atoms with Crippen molar-refractivity contribution in [3.63, 3.8) is 0 Å². The maximum absolute atomic E-state index is 8.16. The largest absolute Gasteiger partial charge is 0.396 e. The van der Waals surface area contributed by atoms with E-state index in [0.717, 1.165) is 0 Å². The lowest BCUT2D eigenvalue weighted by Gasteiger charge is -1.92. The summed E-state index contributed by atoms with van der Waals surface area (Å²) in [6, 6.07) is 0. The minimum atomic E-state index is -0.880. The second-order valence-electron chi connectivity index (χ2n) is 0.947. The molecule has 0 aromatic carbocycles. The van der Waals surface area contributed by atoms with Crippen LogP contribution >= 0.6 is 11.6 Å². The van der Waals surface area contributed by atoms with Crippen molar-refractivity contribution in [2.75, 3.05) is 6.61 Å². The first-order chi connectivity index (χ1) is 2.77. The summed E-state index contributed by atoms with van der Waals surface area (Å²) in [5.41, 5.74) is -0.880. The number of hydrogen-bond donors (Lipinski definition) is 2. The molecule has 0 aliphatic heterocycles. The Morgan fingerprint density at radius 3 is 2.17 bits per heavy atom. The van der Waals surface area contributed by atoms with Gasteiger partial charge in [0, 0.05) is 13.0 Å². The first-order valence-corrected chi connectivity index (χ1v) is 2.14. The molecule has 2 nitrogen and oxygen atoms in total. The molecule has 0 bridgehead atoms. The maximum atomic E-state index is 8.16. The minimum Gasteiger partial charge on any atom is -0.396 e. The van der Waals surface area contributed by atoms with Crippen molar-refractivity contribution in [3.8, 4) is 0 Å². The highest BCUT2D eigenvalue weighted by Gasteiger charge is 1.91. The Kier molecular flexibility index (Phi) is 3.52. The normalized spacial score (nSPS) is 14.5. The van der Waals surface area contributed by atoms with Gasteiger partial charge in [-0.25, -0.2) is 0 Å². The van der Waals surface area contributed by atoms with Crippen LogP contribution in [0.2, 0.25) is 0 Å². The SMILES string of the molecule is OCC[C@H](O)Cl. The summed E-state index contributed by atoms with van der Waals surface area (Å²) in [5, 5.41) is 16.2. The maximum Gasteiger partial charge on any atom is 0.130 e. The van der Waals surface area contributed by atoms with Crippen molar-refractivity contribution in [2.45, 2.75) is 12.0 Å². The number of aliphatic hydroxyl groups is 2. The monoisotopic (exact) mass is 110 g/mol. The van der Waals surface area contributed by atoms with Gasteiger partial charge in [-0.1, -0.05) is 11.6 Å².